The maximum atomic E-state index is 11.7. The van der Waals surface area contributed by atoms with Crippen LogP contribution in [0.1, 0.15) is 23.0 Å². The molecule has 0 radical (unpaired) electrons. The van der Waals surface area contributed by atoms with Crippen LogP contribution in [0.2, 0.25) is 0 Å². The molecule has 24 heavy (non-hydrogen) atoms. The summed E-state index contributed by atoms with van der Waals surface area (Å²) in [6.45, 7) is 3.18. The molecular formula is C16H16N2O5S. The van der Waals surface area contributed by atoms with Crippen LogP contribution in [0.25, 0.3) is 0 Å². The number of ether oxygens (including phenoxy) is 1. The molecule has 1 N–H and O–H groups in total. The van der Waals surface area contributed by atoms with Crippen LogP contribution in [0.3, 0.4) is 0 Å². The Morgan fingerprint density at radius 2 is 1.92 bits per heavy atom. The van der Waals surface area contributed by atoms with E-state index in [4.69, 9.17) is 9.26 Å². The number of ketones is 1. The van der Waals surface area contributed by atoms with Crippen molar-refractivity contribution in [2.45, 2.75) is 13.8 Å². The van der Waals surface area contributed by atoms with Crippen LogP contribution in [-0.4, -0.2) is 34.3 Å². The third-order valence-electron chi connectivity index (χ3n) is 2.84. The number of nitrogens with zero attached hydrogens (tertiary/aromatic N) is 1. The van der Waals surface area contributed by atoms with Crippen LogP contribution in [0.15, 0.2) is 34.9 Å². The molecule has 1 aromatic heterocycles. The third kappa shape index (κ3) is 5.54. The van der Waals surface area contributed by atoms with Crippen molar-refractivity contribution in [2.24, 2.45) is 0 Å². The van der Waals surface area contributed by atoms with Gasteiger partial charge in [-0.3, -0.25) is 14.4 Å². The van der Waals surface area contributed by atoms with Crippen molar-refractivity contribution in [3.63, 3.8) is 0 Å². The van der Waals surface area contributed by atoms with E-state index in [0.717, 1.165) is 11.8 Å². The van der Waals surface area contributed by atoms with Crippen molar-refractivity contribution in [1.82, 2.24) is 5.16 Å². The molecule has 8 heteroatoms. The number of hydrogen-bond acceptors (Lipinski definition) is 7. The fraction of sp³-hybridized carbons (Fsp3) is 0.250. The summed E-state index contributed by atoms with van der Waals surface area (Å²) in [4.78, 5) is 34.5. The Bertz CT molecular complexity index is 739. The second-order valence-corrected chi connectivity index (χ2v) is 5.90. The minimum atomic E-state index is -0.472. The summed E-state index contributed by atoms with van der Waals surface area (Å²) >= 11 is 1.12. The van der Waals surface area contributed by atoms with Crippen LogP contribution < -0.4 is 10.1 Å². The van der Waals surface area contributed by atoms with E-state index in [9.17, 15) is 14.4 Å². The molecule has 0 aliphatic heterocycles. The first-order valence-corrected chi connectivity index (χ1v) is 8.22. The van der Waals surface area contributed by atoms with Gasteiger partial charge in [0.15, 0.2) is 11.6 Å². The molecule has 0 unspecified atom stereocenters. The molecule has 0 bridgehead atoms. The molecule has 0 fully saturated rings. The summed E-state index contributed by atoms with van der Waals surface area (Å²) in [5.74, 6) is 0.588. The minimum absolute atomic E-state index is 0.0275. The fourth-order valence-corrected chi connectivity index (χ4v) is 2.34. The number of aryl methyl sites for hydroxylation is 1. The molecule has 0 saturated heterocycles. The zero-order valence-corrected chi connectivity index (χ0v) is 14.0. The lowest BCUT2D eigenvalue weighted by Crippen LogP contribution is -2.17. The van der Waals surface area contributed by atoms with E-state index < -0.39 is 5.97 Å². The number of amides is 1. The number of benzene rings is 1. The second kappa shape index (κ2) is 8.30. The van der Waals surface area contributed by atoms with Gasteiger partial charge in [-0.1, -0.05) is 5.16 Å². The number of carbonyl (C=O) groups excluding carboxylic acids is 3. The number of Topliss-reactive ketones (excluding diaryl/α,β-unsaturated/α-hetero) is 1. The number of carbonyl (C=O) groups is 3. The first kappa shape index (κ1) is 17.7. The van der Waals surface area contributed by atoms with Crippen molar-refractivity contribution in [2.75, 3.05) is 16.8 Å². The Hall–Kier alpha value is -2.61. The minimum Gasteiger partial charge on any atom is -0.426 e. The van der Waals surface area contributed by atoms with E-state index in [0.29, 0.717) is 22.9 Å². The van der Waals surface area contributed by atoms with Crippen LogP contribution in [0.4, 0.5) is 5.82 Å². The molecule has 0 saturated carbocycles. The number of anilines is 1. The predicted octanol–water partition coefficient (Wildman–Crippen LogP) is 2.46. The van der Waals surface area contributed by atoms with E-state index in [1.54, 1.807) is 37.3 Å². The molecule has 0 aliphatic rings. The van der Waals surface area contributed by atoms with E-state index >= 15 is 0 Å². The molecule has 0 atom stereocenters. The maximum absolute atomic E-state index is 11.7. The maximum Gasteiger partial charge on any atom is 0.321 e. The lowest BCUT2D eigenvalue weighted by atomic mass is 10.1. The van der Waals surface area contributed by atoms with Crippen molar-refractivity contribution in [3.8, 4) is 5.75 Å². The standard InChI is InChI=1S/C16H16N2O5S/c1-10-7-14(18-23-10)17-15(20)8-24-9-16(21)22-13-5-3-12(4-6-13)11(2)19/h3-7H,8-9H2,1-2H3,(H,17,18,20). The monoisotopic (exact) mass is 348 g/mol. The van der Waals surface area contributed by atoms with Crippen molar-refractivity contribution >= 4 is 35.2 Å². The van der Waals surface area contributed by atoms with Gasteiger partial charge < -0.3 is 14.6 Å². The SMILES string of the molecule is CC(=O)c1ccc(OC(=O)CSCC(=O)Nc2cc(C)on2)cc1. The Morgan fingerprint density at radius 3 is 2.50 bits per heavy atom. The summed E-state index contributed by atoms with van der Waals surface area (Å²) in [6.07, 6.45) is 0. The highest BCUT2D eigenvalue weighted by atomic mass is 32.2. The first-order valence-electron chi connectivity index (χ1n) is 7.06. The number of hydrogen-bond donors (Lipinski definition) is 1. The van der Waals surface area contributed by atoms with E-state index in [1.807, 2.05) is 0 Å². The zero-order chi connectivity index (χ0) is 17.5. The molecule has 0 aliphatic carbocycles. The molecule has 0 spiro atoms. The topological polar surface area (TPSA) is 98.5 Å². The van der Waals surface area contributed by atoms with Crippen LogP contribution >= 0.6 is 11.8 Å². The van der Waals surface area contributed by atoms with Gasteiger partial charge in [0.05, 0.1) is 11.5 Å². The van der Waals surface area contributed by atoms with E-state index in [-0.39, 0.29) is 23.2 Å². The molecule has 7 nitrogen and oxygen atoms in total. The molecule has 1 amide bonds. The fourth-order valence-electron chi connectivity index (χ4n) is 1.75. The van der Waals surface area contributed by atoms with Crippen LogP contribution in [0.5, 0.6) is 5.75 Å². The zero-order valence-electron chi connectivity index (χ0n) is 13.2. The Kier molecular flexibility index (Phi) is 6.14. The van der Waals surface area contributed by atoms with Gasteiger partial charge >= 0.3 is 5.97 Å². The van der Waals surface area contributed by atoms with Crippen LogP contribution in [-0.2, 0) is 9.59 Å². The summed E-state index contributed by atoms with van der Waals surface area (Å²) in [5.41, 5.74) is 0.545. The molecule has 1 heterocycles. The Morgan fingerprint density at radius 1 is 1.21 bits per heavy atom. The van der Waals surface area contributed by atoms with Gasteiger partial charge in [-0.2, -0.15) is 0 Å². The number of esters is 1. The van der Waals surface area contributed by atoms with Gasteiger partial charge in [-0.05, 0) is 38.1 Å². The van der Waals surface area contributed by atoms with Gasteiger partial charge in [0.25, 0.3) is 0 Å². The smallest absolute Gasteiger partial charge is 0.321 e. The van der Waals surface area contributed by atoms with Crippen LogP contribution in [0, 0.1) is 6.92 Å². The highest BCUT2D eigenvalue weighted by molar-refractivity contribution is 8.00. The third-order valence-corrected chi connectivity index (χ3v) is 3.75. The summed E-state index contributed by atoms with van der Waals surface area (Å²) in [6, 6.07) is 7.89. The van der Waals surface area contributed by atoms with Crippen molar-refractivity contribution in [3.05, 3.63) is 41.7 Å². The second-order valence-electron chi connectivity index (χ2n) is 4.92. The average Bonchev–Trinajstić information content (AvgIpc) is 2.92. The lowest BCUT2D eigenvalue weighted by molar-refractivity contribution is -0.131. The highest BCUT2D eigenvalue weighted by Gasteiger charge is 2.10. The van der Waals surface area contributed by atoms with Crippen molar-refractivity contribution in [1.29, 1.82) is 0 Å². The Labute approximate surface area is 142 Å². The highest BCUT2D eigenvalue weighted by Crippen LogP contribution is 2.14. The normalized spacial score (nSPS) is 10.2. The Balaban J connectivity index is 1.71. The number of aromatic nitrogens is 1. The number of nitrogens with one attached hydrogen (secondary N) is 1. The van der Waals surface area contributed by atoms with E-state index in [2.05, 4.69) is 10.5 Å². The first-order chi connectivity index (χ1) is 11.4. The molecule has 2 rings (SSSR count). The van der Waals surface area contributed by atoms with Gasteiger partial charge in [0.1, 0.15) is 11.5 Å². The summed E-state index contributed by atoms with van der Waals surface area (Å²) in [7, 11) is 0. The predicted molar refractivity (Wildman–Crippen MR) is 89.3 cm³/mol. The molecule has 2 aromatic rings. The quantitative estimate of drug-likeness (QED) is 0.466. The molecule has 1 aromatic carbocycles. The van der Waals surface area contributed by atoms with Gasteiger partial charge in [-0.25, -0.2) is 0 Å². The average molecular weight is 348 g/mol. The van der Waals surface area contributed by atoms with Crippen molar-refractivity contribution < 1.29 is 23.6 Å². The van der Waals surface area contributed by atoms with Gasteiger partial charge in [0, 0.05) is 11.6 Å². The summed E-state index contributed by atoms with van der Waals surface area (Å²) in [5, 5.41) is 6.20. The number of rotatable bonds is 7. The molecular weight excluding hydrogens is 332 g/mol. The van der Waals surface area contributed by atoms with Gasteiger partial charge in [-0.15, -0.1) is 11.8 Å². The largest absolute Gasteiger partial charge is 0.426 e. The van der Waals surface area contributed by atoms with Gasteiger partial charge in [0.2, 0.25) is 5.91 Å². The lowest BCUT2D eigenvalue weighted by Gasteiger charge is -2.05. The number of thioether (sulfide) groups is 1. The van der Waals surface area contributed by atoms with E-state index in [1.165, 1.54) is 6.92 Å². The summed E-state index contributed by atoms with van der Waals surface area (Å²) < 4.78 is 9.95. The molecule has 126 valence electrons.